The molecule has 0 saturated carbocycles. The number of carboxylic acids is 1. The van der Waals surface area contributed by atoms with Crippen LogP contribution in [0.15, 0.2) is 36.9 Å². The molecule has 1 unspecified atom stereocenters. The van der Waals surface area contributed by atoms with E-state index in [0.29, 0.717) is 0 Å². The molecule has 82 valence electrons. The van der Waals surface area contributed by atoms with Crippen LogP contribution in [0.25, 0.3) is 6.08 Å². The standard InChI is InChI=1S/C8H8.C3H6O4/c1-2-8-6-4-3-5-7-8;4-1-2(5)3(6)7/h2-7H,1H2;2,4-5H,1H2,(H,6,7). The number of benzene rings is 1. The molecule has 0 amide bonds. The van der Waals surface area contributed by atoms with Crippen LogP contribution in [-0.2, 0) is 4.79 Å². The van der Waals surface area contributed by atoms with Crippen molar-refractivity contribution in [3.05, 3.63) is 42.5 Å². The number of hydrogen-bond donors (Lipinski definition) is 3. The molecule has 0 radical (unpaired) electrons. The lowest BCUT2D eigenvalue weighted by molar-refractivity contribution is -0.148. The number of hydrogen-bond acceptors (Lipinski definition) is 3. The smallest absolute Gasteiger partial charge is 0.334 e. The van der Waals surface area contributed by atoms with Gasteiger partial charge in [0.1, 0.15) is 0 Å². The normalized spacial score (nSPS) is 10.8. The van der Waals surface area contributed by atoms with Crippen LogP contribution in [0.4, 0.5) is 0 Å². The Kier molecular flexibility index (Phi) is 6.88. The van der Waals surface area contributed by atoms with Gasteiger partial charge in [-0.05, 0) is 5.56 Å². The van der Waals surface area contributed by atoms with Crippen LogP contribution in [0.3, 0.4) is 0 Å². The van der Waals surface area contributed by atoms with Gasteiger partial charge in [-0.2, -0.15) is 0 Å². The van der Waals surface area contributed by atoms with Crippen LogP contribution in [-0.4, -0.2) is 34.0 Å². The second-order valence-electron chi connectivity index (χ2n) is 2.65. The molecule has 0 bridgehead atoms. The fourth-order valence-electron chi connectivity index (χ4n) is 0.667. The van der Waals surface area contributed by atoms with Gasteiger partial charge < -0.3 is 15.3 Å². The maximum Gasteiger partial charge on any atom is 0.334 e. The number of aliphatic hydroxyl groups is 2. The minimum absolute atomic E-state index is 0.727. The van der Waals surface area contributed by atoms with Gasteiger partial charge in [0, 0.05) is 0 Å². The fraction of sp³-hybridized carbons (Fsp3) is 0.182. The summed E-state index contributed by atoms with van der Waals surface area (Å²) in [5.41, 5.74) is 1.17. The first kappa shape index (κ1) is 13.4. The van der Waals surface area contributed by atoms with Gasteiger partial charge in [0.15, 0.2) is 6.10 Å². The highest BCUT2D eigenvalue weighted by atomic mass is 16.4. The topological polar surface area (TPSA) is 77.8 Å². The number of carbonyl (C=O) groups is 1. The van der Waals surface area contributed by atoms with Gasteiger partial charge in [0.25, 0.3) is 0 Å². The van der Waals surface area contributed by atoms with E-state index in [4.69, 9.17) is 15.3 Å². The summed E-state index contributed by atoms with van der Waals surface area (Å²) < 4.78 is 0. The molecule has 1 rings (SSSR count). The van der Waals surface area contributed by atoms with E-state index in [1.165, 1.54) is 5.56 Å². The highest BCUT2D eigenvalue weighted by Gasteiger charge is 2.08. The zero-order valence-corrected chi connectivity index (χ0v) is 8.21. The summed E-state index contributed by atoms with van der Waals surface area (Å²) in [4.78, 5) is 9.52. The molecule has 0 spiro atoms. The first-order chi connectivity index (χ1) is 7.11. The predicted octanol–water partition coefficient (Wildman–Crippen LogP) is 0.754. The zero-order valence-electron chi connectivity index (χ0n) is 8.21. The van der Waals surface area contributed by atoms with Crippen molar-refractivity contribution in [1.29, 1.82) is 0 Å². The van der Waals surface area contributed by atoms with Crippen molar-refractivity contribution >= 4 is 12.0 Å². The molecule has 0 aliphatic carbocycles. The average Bonchev–Trinajstić information content (AvgIpc) is 2.29. The van der Waals surface area contributed by atoms with Crippen molar-refractivity contribution in [1.82, 2.24) is 0 Å². The Balaban J connectivity index is 0.000000265. The SMILES string of the molecule is C=Cc1ccccc1.O=C(O)C(O)CO. The molecule has 1 aromatic carbocycles. The van der Waals surface area contributed by atoms with E-state index >= 15 is 0 Å². The van der Waals surface area contributed by atoms with E-state index < -0.39 is 18.7 Å². The average molecular weight is 210 g/mol. The molecule has 15 heavy (non-hydrogen) atoms. The molecule has 0 aliphatic heterocycles. The molecule has 1 atom stereocenters. The van der Waals surface area contributed by atoms with Gasteiger partial charge >= 0.3 is 5.97 Å². The van der Waals surface area contributed by atoms with E-state index in [2.05, 4.69) is 6.58 Å². The maximum atomic E-state index is 9.52. The number of aliphatic carboxylic acids is 1. The van der Waals surface area contributed by atoms with Gasteiger partial charge in [-0.3, -0.25) is 0 Å². The molecule has 3 N–H and O–H groups in total. The molecule has 4 nitrogen and oxygen atoms in total. The summed E-state index contributed by atoms with van der Waals surface area (Å²) in [6, 6.07) is 10.0. The first-order valence-corrected chi connectivity index (χ1v) is 4.31. The van der Waals surface area contributed by atoms with E-state index in [0.717, 1.165) is 0 Å². The third-order valence-corrected chi connectivity index (χ3v) is 1.49. The zero-order chi connectivity index (χ0) is 11.7. The van der Waals surface area contributed by atoms with Crippen LogP contribution in [0.1, 0.15) is 5.56 Å². The summed E-state index contributed by atoms with van der Waals surface area (Å²) in [5.74, 6) is -1.40. The van der Waals surface area contributed by atoms with E-state index in [-0.39, 0.29) is 0 Å². The van der Waals surface area contributed by atoms with Crippen molar-refractivity contribution in [2.24, 2.45) is 0 Å². The Morgan fingerprint density at radius 2 is 1.93 bits per heavy atom. The highest BCUT2D eigenvalue weighted by Crippen LogP contribution is 1.97. The summed E-state index contributed by atoms with van der Waals surface area (Å²) in [6.07, 6.45) is 0.208. The van der Waals surface area contributed by atoms with Crippen molar-refractivity contribution in [3.63, 3.8) is 0 Å². The van der Waals surface area contributed by atoms with Crippen LogP contribution in [0.2, 0.25) is 0 Å². The van der Waals surface area contributed by atoms with Crippen molar-refractivity contribution in [2.45, 2.75) is 6.10 Å². The molecule has 0 fully saturated rings. The fourth-order valence-corrected chi connectivity index (χ4v) is 0.667. The molecular formula is C11H14O4. The minimum atomic E-state index is -1.63. The summed E-state index contributed by atoms with van der Waals surface area (Å²) in [7, 11) is 0. The molecule has 0 aromatic heterocycles. The number of carboxylic acid groups (broad SMARTS) is 1. The monoisotopic (exact) mass is 210 g/mol. The second-order valence-corrected chi connectivity index (χ2v) is 2.65. The molecular weight excluding hydrogens is 196 g/mol. The van der Waals surface area contributed by atoms with E-state index in [1.807, 2.05) is 36.4 Å². The number of rotatable bonds is 3. The van der Waals surface area contributed by atoms with Crippen molar-refractivity contribution in [3.8, 4) is 0 Å². The second kappa shape index (κ2) is 7.73. The summed E-state index contributed by atoms with van der Waals surface area (Å²) in [6.45, 7) is 2.90. The van der Waals surface area contributed by atoms with Gasteiger partial charge in [0.05, 0.1) is 6.61 Å². The third kappa shape index (κ3) is 6.42. The third-order valence-electron chi connectivity index (χ3n) is 1.49. The Bertz CT molecular complexity index is 295. The lowest BCUT2D eigenvalue weighted by Crippen LogP contribution is -2.22. The van der Waals surface area contributed by atoms with Crippen LogP contribution < -0.4 is 0 Å². The lowest BCUT2D eigenvalue weighted by Gasteiger charge is -1.95. The summed E-state index contributed by atoms with van der Waals surface area (Å²) in [5, 5.41) is 23.7. The highest BCUT2D eigenvalue weighted by molar-refractivity contribution is 5.71. The van der Waals surface area contributed by atoms with Gasteiger partial charge in [-0.1, -0.05) is 43.0 Å². The van der Waals surface area contributed by atoms with Crippen LogP contribution in [0.5, 0.6) is 0 Å². The van der Waals surface area contributed by atoms with E-state index in [9.17, 15) is 4.79 Å². The first-order valence-electron chi connectivity index (χ1n) is 4.31. The Morgan fingerprint density at radius 1 is 1.40 bits per heavy atom. The molecule has 0 aliphatic rings. The molecule has 1 aromatic rings. The van der Waals surface area contributed by atoms with E-state index in [1.54, 1.807) is 0 Å². The van der Waals surface area contributed by atoms with Crippen LogP contribution >= 0.6 is 0 Å². The Hall–Kier alpha value is -1.65. The Labute approximate surface area is 88.1 Å². The molecule has 4 heteroatoms. The van der Waals surface area contributed by atoms with Crippen molar-refractivity contribution < 1.29 is 20.1 Å². The number of aliphatic hydroxyl groups excluding tert-OH is 2. The summed E-state index contributed by atoms with van der Waals surface area (Å²) >= 11 is 0. The quantitative estimate of drug-likeness (QED) is 0.688. The van der Waals surface area contributed by atoms with Gasteiger partial charge in [0.2, 0.25) is 0 Å². The predicted molar refractivity (Wildman–Crippen MR) is 57.3 cm³/mol. The van der Waals surface area contributed by atoms with Gasteiger partial charge in [-0.25, -0.2) is 4.79 Å². The van der Waals surface area contributed by atoms with Crippen LogP contribution in [0, 0.1) is 0 Å². The van der Waals surface area contributed by atoms with Gasteiger partial charge in [-0.15, -0.1) is 0 Å². The van der Waals surface area contributed by atoms with Crippen molar-refractivity contribution in [2.75, 3.05) is 6.61 Å². The Morgan fingerprint density at radius 3 is 2.13 bits per heavy atom. The maximum absolute atomic E-state index is 9.52. The molecule has 0 heterocycles. The largest absolute Gasteiger partial charge is 0.479 e. The lowest BCUT2D eigenvalue weighted by atomic mass is 10.2. The molecule has 0 saturated heterocycles. The minimum Gasteiger partial charge on any atom is -0.479 e.